The summed E-state index contributed by atoms with van der Waals surface area (Å²) in [4.78, 5) is 4.48. The van der Waals surface area contributed by atoms with Crippen molar-refractivity contribution in [2.45, 2.75) is 20.8 Å². The summed E-state index contributed by atoms with van der Waals surface area (Å²) in [6, 6.07) is 14.1. The van der Waals surface area contributed by atoms with Gasteiger partial charge in [0.1, 0.15) is 0 Å². The maximum absolute atomic E-state index is 4.48. The molecule has 2 aromatic carbocycles. The Balaban J connectivity index is 1.83. The van der Waals surface area contributed by atoms with Crippen LogP contribution in [0.4, 0.5) is 23.1 Å². The fourth-order valence-corrected chi connectivity index (χ4v) is 2.27. The molecule has 0 saturated carbocycles. The van der Waals surface area contributed by atoms with E-state index in [1.807, 2.05) is 43.3 Å². The Morgan fingerprint density at radius 3 is 2.35 bits per heavy atom. The predicted molar refractivity (Wildman–Crippen MR) is 93.5 cm³/mol. The highest BCUT2D eigenvalue weighted by Gasteiger charge is 2.06. The molecule has 3 rings (SSSR count). The summed E-state index contributed by atoms with van der Waals surface area (Å²) in [5, 5.41) is 14.6. The molecule has 5 nitrogen and oxygen atoms in total. The highest BCUT2D eigenvalue weighted by Crippen LogP contribution is 2.22. The molecule has 0 radical (unpaired) electrons. The maximum Gasteiger partial charge on any atom is 0.249 e. The number of hydrogen-bond acceptors (Lipinski definition) is 5. The van der Waals surface area contributed by atoms with Crippen LogP contribution in [-0.4, -0.2) is 15.2 Å². The van der Waals surface area contributed by atoms with Crippen molar-refractivity contribution in [2.24, 2.45) is 0 Å². The number of rotatable bonds is 4. The summed E-state index contributed by atoms with van der Waals surface area (Å²) in [6.07, 6.45) is 1.61. The number of aromatic nitrogens is 3. The first-order valence-corrected chi connectivity index (χ1v) is 7.49. The molecular formula is C18H19N5. The van der Waals surface area contributed by atoms with Crippen LogP contribution in [0.25, 0.3) is 0 Å². The standard InChI is InChI=1S/C18H19N5/c1-12-8-6-10-16(14(12)3)21-18-22-17(11-19-23-18)20-15-9-5-4-7-13(15)2/h4-11H,1-3H3,(H2,20,21,22,23). The van der Waals surface area contributed by atoms with Crippen LogP contribution in [0.1, 0.15) is 16.7 Å². The number of benzene rings is 2. The Hall–Kier alpha value is -2.95. The van der Waals surface area contributed by atoms with Crippen LogP contribution in [0.5, 0.6) is 0 Å². The average Bonchev–Trinajstić information content (AvgIpc) is 2.55. The van der Waals surface area contributed by atoms with Gasteiger partial charge in [0.2, 0.25) is 5.95 Å². The molecule has 0 unspecified atom stereocenters. The van der Waals surface area contributed by atoms with E-state index in [2.05, 4.69) is 45.7 Å². The van der Waals surface area contributed by atoms with Gasteiger partial charge in [0.05, 0.1) is 6.20 Å². The number of hydrogen-bond donors (Lipinski definition) is 2. The number of aryl methyl sites for hydroxylation is 2. The second kappa shape index (κ2) is 6.44. The number of para-hydroxylation sites is 1. The zero-order valence-corrected chi connectivity index (χ0v) is 13.5. The Morgan fingerprint density at radius 2 is 1.52 bits per heavy atom. The zero-order valence-electron chi connectivity index (χ0n) is 13.5. The van der Waals surface area contributed by atoms with Crippen LogP contribution >= 0.6 is 0 Å². The highest BCUT2D eigenvalue weighted by molar-refractivity contribution is 5.63. The molecule has 3 aromatic rings. The van der Waals surface area contributed by atoms with E-state index < -0.39 is 0 Å². The summed E-state index contributed by atoms with van der Waals surface area (Å²) in [5.41, 5.74) is 5.53. The maximum atomic E-state index is 4.48. The summed E-state index contributed by atoms with van der Waals surface area (Å²) < 4.78 is 0. The quantitative estimate of drug-likeness (QED) is 0.753. The molecule has 1 aromatic heterocycles. The van der Waals surface area contributed by atoms with Crippen LogP contribution in [0.15, 0.2) is 48.7 Å². The zero-order chi connectivity index (χ0) is 16.2. The molecular weight excluding hydrogens is 286 g/mol. The topological polar surface area (TPSA) is 62.7 Å². The van der Waals surface area contributed by atoms with Gasteiger partial charge in [-0.2, -0.15) is 10.1 Å². The van der Waals surface area contributed by atoms with Gasteiger partial charge in [-0.3, -0.25) is 0 Å². The largest absolute Gasteiger partial charge is 0.339 e. The normalized spacial score (nSPS) is 10.4. The lowest BCUT2D eigenvalue weighted by Crippen LogP contribution is -2.04. The third-order valence-corrected chi connectivity index (χ3v) is 3.82. The molecule has 0 aliphatic heterocycles. The van der Waals surface area contributed by atoms with E-state index in [-0.39, 0.29) is 0 Å². The van der Waals surface area contributed by atoms with E-state index in [1.165, 1.54) is 11.1 Å². The van der Waals surface area contributed by atoms with Gasteiger partial charge in [0.15, 0.2) is 5.82 Å². The minimum atomic E-state index is 0.470. The van der Waals surface area contributed by atoms with Gasteiger partial charge in [-0.05, 0) is 49.6 Å². The summed E-state index contributed by atoms with van der Waals surface area (Å²) in [6.45, 7) is 6.20. The second-order valence-corrected chi connectivity index (χ2v) is 5.48. The lowest BCUT2D eigenvalue weighted by Gasteiger charge is -2.11. The third kappa shape index (κ3) is 3.45. The van der Waals surface area contributed by atoms with Gasteiger partial charge in [-0.1, -0.05) is 30.3 Å². The third-order valence-electron chi connectivity index (χ3n) is 3.82. The SMILES string of the molecule is Cc1ccccc1Nc1cnnc(Nc2cccc(C)c2C)n1. The summed E-state index contributed by atoms with van der Waals surface area (Å²) in [7, 11) is 0. The second-order valence-electron chi connectivity index (χ2n) is 5.48. The van der Waals surface area contributed by atoms with Crippen molar-refractivity contribution >= 4 is 23.1 Å². The van der Waals surface area contributed by atoms with Crippen LogP contribution in [0, 0.1) is 20.8 Å². The Labute approximate surface area is 135 Å². The smallest absolute Gasteiger partial charge is 0.249 e. The molecule has 0 bridgehead atoms. The summed E-state index contributed by atoms with van der Waals surface area (Å²) in [5.74, 6) is 1.12. The van der Waals surface area contributed by atoms with E-state index in [0.29, 0.717) is 11.8 Å². The first kappa shape index (κ1) is 15.0. The molecule has 0 aliphatic carbocycles. The van der Waals surface area contributed by atoms with Crippen LogP contribution in [0.2, 0.25) is 0 Å². The Bertz CT molecular complexity index is 829. The average molecular weight is 305 g/mol. The minimum Gasteiger partial charge on any atom is -0.339 e. The van der Waals surface area contributed by atoms with Gasteiger partial charge in [-0.15, -0.1) is 5.10 Å². The first-order valence-electron chi connectivity index (χ1n) is 7.49. The molecule has 1 heterocycles. The van der Waals surface area contributed by atoms with Crippen molar-refractivity contribution in [3.8, 4) is 0 Å². The van der Waals surface area contributed by atoms with Gasteiger partial charge < -0.3 is 10.6 Å². The lowest BCUT2D eigenvalue weighted by molar-refractivity contribution is 0.981. The molecule has 0 atom stereocenters. The van der Waals surface area contributed by atoms with Crippen LogP contribution < -0.4 is 10.6 Å². The van der Waals surface area contributed by atoms with E-state index in [0.717, 1.165) is 16.9 Å². The minimum absolute atomic E-state index is 0.470. The van der Waals surface area contributed by atoms with E-state index in [4.69, 9.17) is 0 Å². The molecule has 0 amide bonds. The molecule has 5 heteroatoms. The molecule has 116 valence electrons. The fourth-order valence-electron chi connectivity index (χ4n) is 2.27. The highest BCUT2D eigenvalue weighted by atomic mass is 15.3. The van der Waals surface area contributed by atoms with E-state index in [1.54, 1.807) is 6.20 Å². The van der Waals surface area contributed by atoms with Crippen molar-refractivity contribution in [1.29, 1.82) is 0 Å². The predicted octanol–water partition coefficient (Wildman–Crippen LogP) is 4.28. The Morgan fingerprint density at radius 1 is 0.783 bits per heavy atom. The summed E-state index contributed by atoms with van der Waals surface area (Å²) >= 11 is 0. The molecule has 0 spiro atoms. The number of anilines is 4. The van der Waals surface area contributed by atoms with Crippen molar-refractivity contribution in [2.75, 3.05) is 10.6 Å². The number of nitrogens with zero attached hydrogens (tertiary/aromatic N) is 3. The van der Waals surface area contributed by atoms with E-state index >= 15 is 0 Å². The molecule has 2 N–H and O–H groups in total. The van der Waals surface area contributed by atoms with Crippen LogP contribution in [-0.2, 0) is 0 Å². The van der Waals surface area contributed by atoms with E-state index in [9.17, 15) is 0 Å². The van der Waals surface area contributed by atoms with Crippen molar-refractivity contribution in [3.63, 3.8) is 0 Å². The van der Waals surface area contributed by atoms with Gasteiger partial charge in [0.25, 0.3) is 0 Å². The van der Waals surface area contributed by atoms with Gasteiger partial charge >= 0.3 is 0 Å². The first-order chi connectivity index (χ1) is 11.1. The number of nitrogens with one attached hydrogen (secondary N) is 2. The van der Waals surface area contributed by atoms with Crippen molar-refractivity contribution in [1.82, 2.24) is 15.2 Å². The lowest BCUT2D eigenvalue weighted by atomic mass is 10.1. The van der Waals surface area contributed by atoms with Crippen molar-refractivity contribution < 1.29 is 0 Å². The molecule has 0 aliphatic rings. The van der Waals surface area contributed by atoms with Gasteiger partial charge in [0, 0.05) is 11.4 Å². The monoisotopic (exact) mass is 305 g/mol. The molecule has 0 fully saturated rings. The Kier molecular flexibility index (Phi) is 4.19. The molecule has 23 heavy (non-hydrogen) atoms. The van der Waals surface area contributed by atoms with Crippen LogP contribution in [0.3, 0.4) is 0 Å². The van der Waals surface area contributed by atoms with Gasteiger partial charge in [-0.25, -0.2) is 0 Å². The fraction of sp³-hybridized carbons (Fsp3) is 0.167. The van der Waals surface area contributed by atoms with Crippen molar-refractivity contribution in [3.05, 3.63) is 65.4 Å². The molecule has 0 saturated heterocycles.